The fraction of sp³-hybridized carbons (Fsp3) is 0.526. The summed E-state index contributed by atoms with van der Waals surface area (Å²) < 4.78 is 15.8. The number of hydrogen-bond acceptors (Lipinski definition) is 6. The molecule has 2 unspecified atom stereocenters. The largest absolute Gasteiger partial charge is 0.497 e. The SMILES string of the molecule is COc1ccc(N2CC(C(=O)NC3(CC(=O)O)CCOC3)CC2=O)c(OC)c1. The van der Waals surface area contributed by atoms with Gasteiger partial charge in [0.05, 0.1) is 44.4 Å². The maximum absolute atomic E-state index is 12.8. The molecule has 0 aliphatic carbocycles. The zero-order chi connectivity index (χ0) is 20.3. The van der Waals surface area contributed by atoms with Gasteiger partial charge in [0.1, 0.15) is 11.5 Å². The zero-order valence-electron chi connectivity index (χ0n) is 15.9. The average molecular weight is 392 g/mol. The molecule has 152 valence electrons. The molecule has 28 heavy (non-hydrogen) atoms. The van der Waals surface area contributed by atoms with Crippen LogP contribution in [0.25, 0.3) is 0 Å². The number of carbonyl (C=O) groups is 3. The van der Waals surface area contributed by atoms with Gasteiger partial charge >= 0.3 is 5.97 Å². The molecule has 2 aliphatic rings. The number of aliphatic carboxylic acids is 1. The predicted octanol–water partition coefficient (Wildman–Crippen LogP) is 0.807. The first-order chi connectivity index (χ1) is 13.4. The smallest absolute Gasteiger partial charge is 0.305 e. The number of anilines is 1. The lowest BCUT2D eigenvalue weighted by Crippen LogP contribution is -2.52. The molecule has 0 spiro atoms. The average Bonchev–Trinajstić information content (AvgIpc) is 3.27. The molecular formula is C19H24N2O7. The van der Waals surface area contributed by atoms with E-state index in [1.54, 1.807) is 18.2 Å². The van der Waals surface area contributed by atoms with E-state index in [1.165, 1.54) is 19.1 Å². The van der Waals surface area contributed by atoms with Crippen molar-refractivity contribution in [3.05, 3.63) is 18.2 Å². The number of carboxylic acids is 1. The lowest BCUT2D eigenvalue weighted by Gasteiger charge is -2.28. The molecule has 9 heteroatoms. The Morgan fingerprint density at radius 3 is 2.75 bits per heavy atom. The third kappa shape index (κ3) is 4.04. The van der Waals surface area contributed by atoms with Crippen molar-refractivity contribution in [3.8, 4) is 11.5 Å². The van der Waals surface area contributed by atoms with Crippen LogP contribution in [0.3, 0.4) is 0 Å². The highest BCUT2D eigenvalue weighted by Crippen LogP contribution is 2.36. The number of nitrogens with one attached hydrogen (secondary N) is 1. The lowest BCUT2D eigenvalue weighted by atomic mass is 9.93. The molecule has 2 fully saturated rings. The Morgan fingerprint density at radius 1 is 1.36 bits per heavy atom. The van der Waals surface area contributed by atoms with Gasteiger partial charge in [-0.1, -0.05) is 0 Å². The second kappa shape index (κ2) is 8.05. The van der Waals surface area contributed by atoms with Crippen molar-refractivity contribution in [2.45, 2.75) is 24.8 Å². The molecule has 0 aromatic heterocycles. The van der Waals surface area contributed by atoms with Crippen molar-refractivity contribution in [2.24, 2.45) is 5.92 Å². The minimum atomic E-state index is -1.00. The number of rotatable bonds is 7. The van der Waals surface area contributed by atoms with E-state index < -0.39 is 17.4 Å². The molecule has 2 atom stereocenters. The Kier molecular flexibility index (Phi) is 5.73. The summed E-state index contributed by atoms with van der Waals surface area (Å²) in [5, 5.41) is 12.0. The van der Waals surface area contributed by atoms with Crippen LogP contribution >= 0.6 is 0 Å². The lowest BCUT2D eigenvalue weighted by molar-refractivity contribution is -0.139. The van der Waals surface area contributed by atoms with Gasteiger partial charge in [-0.2, -0.15) is 0 Å². The molecule has 2 saturated heterocycles. The minimum Gasteiger partial charge on any atom is -0.497 e. The van der Waals surface area contributed by atoms with Gasteiger partial charge in [-0.05, 0) is 18.6 Å². The molecule has 2 N–H and O–H groups in total. The molecule has 0 saturated carbocycles. The monoisotopic (exact) mass is 392 g/mol. The summed E-state index contributed by atoms with van der Waals surface area (Å²) in [5.74, 6) is -1.05. The number of carbonyl (C=O) groups excluding carboxylic acids is 2. The maximum Gasteiger partial charge on any atom is 0.305 e. The van der Waals surface area contributed by atoms with Gasteiger partial charge in [0.25, 0.3) is 0 Å². The second-order valence-corrected chi connectivity index (χ2v) is 7.09. The molecule has 0 bridgehead atoms. The first-order valence-corrected chi connectivity index (χ1v) is 9.01. The van der Waals surface area contributed by atoms with Crippen LogP contribution in [-0.2, 0) is 19.1 Å². The highest BCUT2D eigenvalue weighted by Gasteiger charge is 2.43. The van der Waals surface area contributed by atoms with Crippen molar-refractivity contribution < 1.29 is 33.7 Å². The summed E-state index contributed by atoms with van der Waals surface area (Å²) in [7, 11) is 3.04. The van der Waals surface area contributed by atoms with Crippen molar-refractivity contribution >= 4 is 23.5 Å². The van der Waals surface area contributed by atoms with E-state index in [2.05, 4.69) is 5.32 Å². The van der Waals surface area contributed by atoms with Crippen LogP contribution in [0.5, 0.6) is 11.5 Å². The van der Waals surface area contributed by atoms with Gasteiger partial charge in [0.15, 0.2) is 0 Å². The number of carboxylic acid groups (broad SMARTS) is 1. The molecule has 9 nitrogen and oxygen atoms in total. The van der Waals surface area contributed by atoms with Crippen LogP contribution in [0.1, 0.15) is 19.3 Å². The molecule has 2 aliphatic heterocycles. The van der Waals surface area contributed by atoms with E-state index >= 15 is 0 Å². The Hall–Kier alpha value is -2.81. The number of benzene rings is 1. The maximum atomic E-state index is 12.8. The fourth-order valence-electron chi connectivity index (χ4n) is 3.67. The Balaban J connectivity index is 1.73. The third-order valence-electron chi connectivity index (χ3n) is 5.15. The van der Waals surface area contributed by atoms with Gasteiger partial charge in [-0.15, -0.1) is 0 Å². The van der Waals surface area contributed by atoms with Gasteiger partial charge < -0.3 is 29.5 Å². The van der Waals surface area contributed by atoms with Crippen LogP contribution in [0.2, 0.25) is 0 Å². The van der Waals surface area contributed by atoms with Crippen molar-refractivity contribution in [3.63, 3.8) is 0 Å². The second-order valence-electron chi connectivity index (χ2n) is 7.09. The standard InChI is InChI=1S/C19H24N2O7/c1-26-13-3-4-14(15(8-13)27-2)21-10-12(7-16(21)22)18(25)20-19(9-17(23)24)5-6-28-11-19/h3-4,8,12H,5-7,9-11H2,1-2H3,(H,20,25)(H,23,24). The van der Waals surface area contributed by atoms with Crippen LogP contribution in [0.15, 0.2) is 18.2 Å². The van der Waals surface area contributed by atoms with Gasteiger partial charge in [-0.3, -0.25) is 14.4 Å². The van der Waals surface area contributed by atoms with Crippen LogP contribution in [0.4, 0.5) is 5.69 Å². The van der Waals surface area contributed by atoms with Crippen molar-refractivity contribution in [2.75, 3.05) is 38.9 Å². The summed E-state index contributed by atoms with van der Waals surface area (Å²) in [6.45, 7) is 0.741. The Morgan fingerprint density at radius 2 is 2.14 bits per heavy atom. The molecule has 1 aromatic carbocycles. The normalized spacial score (nSPS) is 24.3. The van der Waals surface area contributed by atoms with E-state index in [-0.39, 0.29) is 37.8 Å². The summed E-state index contributed by atoms with van der Waals surface area (Å²) in [5.41, 5.74) is -0.356. The highest BCUT2D eigenvalue weighted by atomic mass is 16.5. The van der Waals surface area contributed by atoms with E-state index in [1.807, 2.05) is 0 Å². The van der Waals surface area contributed by atoms with E-state index in [4.69, 9.17) is 19.3 Å². The molecule has 2 amide bonds. The molecule has 0 radical (unpaired) electrons. The van der Waals surface area contributed by atoms with Crippen LogP contribution in [-0.4, -0.2) is 62.4 Å². The summed E-state index contributed by atoms with van der Waals surface area (Å²) in [6, 6.07) is 5.11. The third-order valence-corrected chi connectivity index (χ3v) is 5.15. The zero-order valence-corrected chi connectivity index (χ0v) is 15.9. The Labute approximate surface area is 162 Å². The van der Waals surface area contributed by atoms with Gasteiger partial charge in [0.2, 0.25) is 11.8 Å². The Bertz CT molecular complexity index is 774. The first-order valence-electron chi connectivity index (χ1n) is 9.01. The van der Waals surface area contributed by atoms with Gasteiger partial charge in [-0.25, -0.2) is 0 Å². The number of ether oxygens (including phenoxy) is 3. The summed E-state index contributed by atoms with van der Waals surface area (Å²) >= 11 is 0. The van der Waals surface area contributed by atoms with Crippen LogP contribution < -0.4 is 19.7 Å². The fourth-order valence-corrected chi connectivity index (χ4v) is 3.67. The van der Waals surface area contributed by atoms with E-state index in [0.29, 0.717) is 30.2 Å². The van der Waals surface area contributed by atoms with E-state index in [9.17, 15) is 14.4 Å². The summed E-state index contributed by atoms with van der Waals surface area (Å²) in [4.78, 5) is 38.0. The topological polar surface area (TPSA) is 114 Å². The van der Waals surface area contributed by atoms with Crippen molar-refractivity contribution in [1.29, 1.82) is 0 Å². The quantitative estimate of drug-likeness (QED) is 0.706. The number of hydrogen-bond donors (Lipinski definition) is 2. The van der Waals surface area contributed by atoms with Crippen LogP contribution in [0, 0.1) is 5.92 Å². The van der Waals surface area contributed by atoms with E-state index in [0.717, 1.165) is 0 Å². The number of nitrogens with zero attached hydrogens (tertiary/aromatic N) is 1. The predicted molar refractivity (Wildman–Crippen MR) is 98.6 cm³/mol. The van der Waals surface area contributed by atoms with Crippen molar-refractivity contribution in [1.82, 2.24) is 5.32 Å². The molecule has 3 rings (SSSR count). The first kappa shape index (κ1) is 19.9. The molecular weight excluding hydrogens is 368 g/mol. The highest BCUT2D eigenvalue weighted by molar-refractivity contribution is 6.01. The number of methoxy groups -OCH3 is 2. The van der Waals surface area contributed by atoms with Gasteiger partial charge in [0, 0.05) is 25.6 Å². The minimum absolute atomic E-state index is 0.0467. The summed E-state index contributed by atoms with van der Waals surface area (Å²) in [6.07, 6.45) is 0.266. The number of amides is 2. The molecule has 1 aromatic rings. The molecule has 2 heterocycles.